The maximum absolute atomic E-state index is 5.44. The highest BCUT2D eigenvalue weighted by atomic mass is 79.9. The molecule has 0 amide bonds. The Labute approximate surface area is 151 Å². The van der Waals surface area contributed by atoms with Crippen molar-refractivity contribution in [2.24, 2.45) is 0 Å². The van der Waals surface area contributed by atoms with Crippen LogP contribution in [0.2, 0.25) is 0 Å². The number of hydrogen-bond donors (Lipinski definition) is 0. The lowest BCUT2D eigenvalue weighted by Gasteiger charge is -2.42. The van der Waals surface area contributed by atoms with Crippen LogP contribution in [0.25, 0.3) is 0 Å². The molecule has 0 radical (unpaired) electrons. The topological polar surface area (TPSA) is 41.5 Å². The fraction of sp³-hybridized carbons (Fsp3) is 0.444. The number of halogens is 1. The highest BCUT2D eigenvalue weighted by Crippen LogP contribution is 2.38. The van der Waals surface area contributed by atoms with Gasteiger partial charge in [0, 0.05) is 31.7 Å². The third-order valence-electron chi connectivity index (χ3n) is 4.69. The van der Waals surface area contributed by atoms with Crippen LogP contribution in [0.5, 0.6) is 5.88 Å². The number of methoxy groups -OCH3 is 1. The van der Waals surface area contributed by atoms with Crippen molar-refractivity contribution >= 4 is 21.7 Å². The number of nitrogens with zero attached hydrogens (tertiary/aromatic N) is 4. The molecule has 3 rings (SSSR count). The minimum Gasteiger partial charge on any atom is -0.478 e. The summed E-state index contributed by atoms with van der Waals surface area (Å²) < 4.78 is 6.17. The van der Waals surface area contributed by atoms with E-state index in [1.165, 1.54) is 18.4 Å². The van der Waals surface area contributed by atoms with Crippen LogP contribution >= 0.6 is 15.9 Å². The third-order valence-corrected chi connectivity index (χ3v) is 5.07. The van der Waals surface area contributed by atoms with Crippen molar-refractivity contribution in [3.05, 3.63) is 47.8 Å². The van der Waals surface area contributed by atoms with Gasteiger partial charge in [0.15, 0.2) is 5.82 Å². The lowest BCUT2D eigenvalue weighted by Crippen LogP contribution is -2.54. The van der Waals surface area contributed by atoms with E-state index in [2.05, 4.69) is 48.9 Å². The Kier molecular flexibility index (Phi) is 5.36. The van der Waals surface area contributed by atoms with Crippen molar-refractivity contribution in [1.82, 2.24) is 14.9 Å². The summed E-state index contributed by atoms with van der Waals surface area (Å²) in [6.07, 6.45) is 9.80. The van der Waals surface area contributed by atoms with Crippen LogP contribution in [0.15, 0.2) is 47.8 Å². The Balaban J connectivity index is 1.79. The van der Waals surface area contributed by atoms with Gasteiger partial charge in [-0.2, -0.15) is 0 Å². The van der Waals surface area contributed by atoms with E-state index in [0.29, 0.717) is 18.0 Å². The van der Waals surface area contributed by atoms with Gasteiger partial charge in [-0.3, -0.25) is 4.90 Å². The van der Waals surface area contributed by atoms with Gasteiger partial charge in [-0.15, -0.1) is 0 Å². The highest BCUT2D eigenvalue weighted by Gasteiger charge is 2.42. The summed E-state index contributed by atoms with van der Waals surface area (Å²) in [6, 6.07) is 0.882. The average Bonchev–Trinajstić information content (AvgIpc) is 2.85. The molecule has 0 saturated carbocycles. The smallest absolute Gasteiger partial charge is 0.257 e. The van der Waals surface area contributed by atoms with E-state index in [1.54, 1.807) is 13.3 Å². The summed E-state index contributed by atoms with van der Waals surface area (Å²) in [5, 5.41) is 0. The lowest BCUT2D eigenvalue weighted by atomic mass is 10.1. The van der Waals surface area contributed by atoms with Gasteiger partial charge in [-0.25, -0.2) is 9.97 Å². The molecule has 1 aromatic rings. The Morgan fingerprint density at radius 2 is 2.08 bits per heavy atom. The fourth-order valence-electron chi connectivity index (χ4n) is 3.72. The zero-order valence-electron chi connectivity index (χ0n) is 14.0. The first-order valence-electron chi connectivity index (χ1n) is 8.17. The Bertz CT molecular complexity index is 646. The molecule has 24 heavy (non-hydrogen) atoms. The second kappa shape index (κ2) is 7.49. The fourth-order valence-corrected chi connectivity index (χ4v) is 3.99. The number of likely N-dealkylation sites (tertiary alicyclic amines) is 1. The first kappa shape index (κ1) is 17.2. The molecule has 0 aromatic carbocycles. The predicted octanol–water partition coefficient (Wildman–Crippen LogP) is 3.20. The molecule has 2 atom stereocenters. The summed E-state index contributed by atoms with van der Waals surface area (Å²) in [7, 11) is 1.65. The third kappa shape index (κ3) is 3.39. The second-order valence-electron chi connectivity index (χ2n) is 6.19. The molecule has 2 bridgehead atoms. The second-order valence-corrected chi connectivity index (χ2v) is 7.01. The quantitative estimate of drug-likeness (QED) is 0.697. The number of piperazine rings is 1. The van der Waals surface area contributed by atoms with E-state index in [0.717, 1.165) is 30.1 Å². The van der Waals surface area contributed by atoms with Gasteiger partial charge in [0.2, 0.25) is 0 Å². The van der Waals surface area contributed by atoms with Crippen LogP contribution < -0.4 is 9.64 Å². The maximum atomic E-state index is 5.44. The molecular formula is C18H23BrN4O. The van der Waals surface area contributed by atoms with Crippen LogP contribution in [0, 0.1) is 0 Å². The average molecular weight is 391 g/mol. The standard InChI is InChI=1S/C18H23BrN4O/c1-4-6-13(5-2)10-22-11-14-7-8-15(12-22)23(14)17-18(24-3)20-9-16(19)21-17/h4-6,9,14-15H,1-2,7-8,10-12H2,3H3/b13-6+. The number of aromatic nitrogens is 2. The molecular weight excluding hydrogens is 368 g/mol. The summed E-state index contributed by atoms with van der Waals surface area (Å²) >= 11 is 3.43. The van der Waals surface area contributed by atoms with Crippen LogP contribution in [0.4, 0.5) is 5.82 Å². The summed E-state index contributed by atoms with van der Waals surface area (Å²) in [5.74, 6) is 1.45. The van der Waals surface area contributed by atoms with Crippen molar-refractivity contribution in [3.8, 4) is 5.88 Å². The molecule has 128 valence electrons. The molecule has 2 aliphatic heterocycles. The first-order valence-corrected chi connectivity index (χ1v) is 8.96. The number of ether oxygens (including phenoxy) is 1. The molecule has 2 saturated heterocycles. The SMILES string of the molecule is C=C/C=C(\C=C)CN1CC2CCC(C1)N2c1nc(Br)cnc1OC. The Hall–Kier alpha value is -1.66. The van der Waals surface area contributed by atoms with Gasteiger partial charge < -0.3 is 9.64 Å². The van der Waals surface area contributed by atoms with Crippen LogP contribution in [0.1, 0.15) is 12.8 Å². The Morgan fingerprint density at radius 1 is 1.38 bits per heavy atom. The zero-order valence-corrected chi connectivity index (χ0v) is 15.6. The first-order chi connectivity index (χ1) is 11.7. The van der Waals surface area contributed by atoms with Crippen LogP contribution in [0.3, 0.4) is 0 Å². The molecule has 3 heterocycles. The minimum atomic E-state index is 0.441. The van der Waals surface area contributed by atoms with E-state index in [1.807, 2.05) is 18.2 Å². The van der Waals surface area contributed by atoms with E-state index in [-0.39, 0.29) is 0 Å². The van der Waals surface area contributed by atoms with Crippen LogP contribution in [-0.4, -0.2) is 53.7 Å². The highest BCUT2D eigenvalue weighted by molar-refractivity contribution is 9.10. The van der Waals surface area contributed by atoms with Crippen molar-refractivity contribution in [3.63, 3.8) is 0 Å². The van der Waals surface area contributed by atoms with Crippen molar-refractivity contribution in [1.29, 1.82) is 0 Å². The molecule has 0 N–H and O–H groups in total. The van der Waals surface area contributed by atoms with E-state index >= 15 is 0 Å². The summed E-state index contributed by atoms with van der Waals surface area (Å²) in [4.78, 5) is 13.9. The van der Waals surface area contributed by atoms with Crippen molar-refractivity contribution in [2.45, 2.75) is 24.9 Å². The summed E-state index contributed by atoms with van der Waals surface area (Å²) in [5.41, 5.74) is 1.21. The monoisotopic (exact) mass is 390 g/mol. The molecule has 0 spiro atoms. The lowest BCUT2D eigenvalue weighted by molar-refractivity contribution is 0.235. The van der Waals surface area contributed by atoms with Crippen LogP contribution in [-0.2, 0) is 0 Å². The van der Waals surface area contributed by atoms with Gasteiger partial charge in [-0.1, -0.05) is 31.4 Å². The summed E-state index contributed by atoms with van der Waals surface area (Å²) in [6.45, 7) is 10.6. The van der Waals surface area contributed by atoms with Gasteiger partial charge >= 0.3 is 0 Å². The van der Waals surface area contributed by atoms with E-state index in [9.17, 15) is 0 Å². The molecule has 6 heteroatoms. The van der Waals surface area contributed by atoms with Crippen molar-refractivity contribution in [2.75, 3.05) is 31.6 Å². The van der Waals surface area contributed by atoms with Gasteiger partial charge in [0.25, 0.3) is 5.88 Å². The number of hydrogen-bond acceptors (Lipinski definition) is 5. The normalized spacial score (nSPS) is 24.1. The predicted molar refractivity (Wildman–Crippen MR) is 100 cm³/mol. The minimum absolute atomic E-state index is 0.441. The molecule has 1 aromatic heterocycles. The number of anilines is 1. The van der Waals surface area contributed by atoms with E-state index < -0.39 is 0 Å². The maximum Gasteiger partial charge on any atom is 0.257 e. The van der Waals surface area contributed by atoms with Crippen molar-refractivity contribution < 1.29 is 4.74 Å². The molecule has 2 unspecified atom stereocenters. The number of fused-ring (bicyclic) bond motifs is 2. The zero-order chi connectivity index (χ0) is 17.1. The Morgan fingerprint density at radius 3 is 2.67 bits per heavy atom. The molecule has 0 aliphatic carbocycles. The molecule has 2 aliphatic rings. The molecule has 5 nitrogen and oxygen atoms in total. The van der Waals surface area contributed by atoms with E-state index in [4.69, 9.17) is 4.74 Å². The number of allylic oxidation sites excluding steroid dienone is 2. The molecule has 2 fully saturated rings. The number of rotatable bonds is 6. The van der Waals surface area contributed by atoms with Gasteiger partial charge in [0.1, 0.15) is 4.60 Å². The largest absolute Gasteiger partial charge is 0.478 e. The van der Waals surface area contributed by atoms with Gasteiger partial charge in [-0.05, 0) is 34.3 Å². The van der Waals surface area contributed by atoms with Gasteiger partial charge in [0.05, 0.1) is 13.3 Å².